The molecule has 32 heavy (non-hydrogen) atoms. The van der Waals surface area contributed by atoms with Crippen LogP contribution in [-0.2, 0) is 0 Å². The number of alkyl halides is 3. The Bertz CT molecular complexity index is 1120. The molecular formula is C19H18ClF3N4O4S. The van der Waals surface area contributed by atoms with Gasteiger partial charge < -0.3 is 9.64 Å². The smallest absolute Gasteiger partial charge is 0.406 e. The van der Waals surface area contributed by atoms with E-state index in [9.17, 15) is 28.1 Å². The molecule has 0 aliphatic carbocycles. The summed E-state index contributed by atoms with van der Waals surface area (Å²) in [5, 5.41) is 11.3. The van der Waals surface area contributed by atoms with Crippen molar-refractivity contribution in [2.45, 2.75) is 6.36 Å². The van der Waals surface area contributed by atoms with E-state index in [2.05, 4.69) is 9.72 Å². The Morgan fingerprint density at radius 3 is 2.53 bits per heavy atom. The number of thiazole rings is 1. The van der Waals surface area contributed by atoms with Crippen LogP contribution >= 0.6 is 23.7 Å². The Morgan fingerprint density at radius 2 is 1.91 bits per heavy atom. The SMILES string of the molecule is CN(C)CCN(C(=O)c1cccc([N+](=O)[O-])c1)c1nc2ccc(OC(F)(F)F)cc2s1.Cl. The molecule has 0 radical (unpaired) electrons. The van der Waals surface area contributed by atoms with Crippen LogP contribution in [0.5, 0.6) is 5.75 Å². The minimum Gasteiger partial charge on any atom is -0.406 e. The predicted molar refractivity (Wildman–Crippen MR) is 117 cm³/mol. The van der Waals surface area contributed by atoms with E-state index in [1.807, 2.05) is 19.0 Å². The van der Waals surface area contributed by atoms with E-state index in [0.29, 0.717) is 16.8 Å². The maximum Gasteiger partial charge on any atom is 0.573 e. The van der Waals surface area contributed by atoms with Crippen LogP contribution in [0.25, 0.3) is 10.2 Å². The van der Waals surface area contributed by atoms with Crippen molar-refractivity contribution in [3.8, 4) is 5.75 Å². The first-order valence-corrected chi connectivity index (χ1v) is 9.72. The third-order valence-electron chi connectivity index (χ3n) is 4.13. The molecule has 0 N–H and O–H groups in total. The van der Waals surface area contributed by atoms with Gasteiger partial charge in [0.25, 0.3) is 11.6 Å². The van der Waals surface area contributed by atoms with Crippen molar-refractivity contribution in [2.24, 2.45) is 0 Å². The fourth-order valence-electron chi connectivity index (χ4n) is 2.70. The molecule has 0 atom stereocenters. The zero-order valence-electron chi connectivity index (χ0n) is 16.8. The zero-order valence-corrected chi connectivity index (χ0v) is 18.5. The number of anilines is 1. The Kier molecular flexibility index (Phi) is 7.99. The second-order valence-corrected chi connectivity index (χ2v) is 7.75. The van der Waals surface area contributed by atoms with E-state index >= 15 is 0 Å². The molecule has 0 fully saturated rings. The number of hydrogen-bond acceptors (Lipinski definition) is 7. The van der Waals surface area contributed by atoms with Gasteiger partial charge in [-0.1, -0.05) is 17.4 Å². The lowest BCUT2D eigenvalue weighted by molar-refractivity contribution is -0.384. The fourth-order valence-corrected chi connectivity index (χ4v) is 3.72. The van der Waals surface area contributed by atoms with Crippen LogP contribution in [0.4, 0.5) is 24.0 Å². The number of nitro benzene ring substituents is 1. The molecule has 13 heteroatoms. The number of carbonyl (C=O) groups is 1. The summed E-state index contributed by atoms with van der Waals surface area (Å²) in [6.45, 7) is 0.694. The number of hydrogen-bond donors (Lipinski definition) is 0. The van der Waals surface area contributed by atoms with Crippen LogP contribution in [0.1, 0.15) is 10.4 Å². The van der Waals surface area contributed by atoms with Gasteiger partial charge >= 0.3 is 6.36 Å². The zero-order chi connectivity index (χ0) is 22.8. The van der Waals surface area contributed by atoms with E-state index in [4.69, 9.17) is 0 Å². The van der Waals surface area contributed by atoms with Gasteiger partial charge in [0.15, 0.2) is 5.13 Å². The van der Waals surface area contributed by atoms with E-state index in [-0.39, 0.29) is 41.1 Å². The van der Waals surface area contributed by atoms with Gasteiger partial charge in [0, 0.05) is 36.9 Å². The number of amides is 1. The number of halogens is 4. The van der Waals surface area contributed by atoms with Crippen molar-refractivity contribution in [3.63, 3.8) is 0 Å². The van der Waals surface area contributed by atoms with Gasteiger partial charge in [-0.15, -0.1) is 25.6 Å². The number of aromatic nitrogens is 1. The Labute approximate surface area is 190 Å². The molecule has 1 aromatic heterocycles. The van der Waals surface area contributed by atoms with Crippen molar-refractivity contribution in [3.05, 3.63) is 58.1 Å². The summed E-state index contributed by atoms with van der Waals surface area (Å²) in [5.74, 6) is -0.892. The molecule has 8 nitrogen and oxygen atoms in total. The monoisotopic (exact) mass is 490 g/mol. The standard InChI is InChI=1S/C19H17F3N4O4S.ClH/c1-24(2)8-9-25(17(27)12-4-3-5-13(10-12)26(28)29)18-23-15-7-6-14(11-16(15)31-18)30-19(20,21)22;/h3-7,10-11H,8-9H2,1-2H3;1H. The lowest BCUT2D eigenvalue weighted by Gasteiger charge is -2.22. The van der Waals surface area contributed by atoms with Gasteiger partial charge in [0.05, 0.1) is 15.1 Å². The molecule has 0 unspecified atom stereocenters. The van der Waals surface area contributed by atoms with E-state index in [1.165, 1.54) is 41.3 Å². The number of nitro groups is 1. The van der Waals surface area contributed by atoms with Crippen LogP contribution in [0, 0.1) is 10.1 Å². The maximum atomic E-state index is 13.1. The summed E-state index contributed by atoms with van der Waals surface area (Å²) >= 11 is 1.02. The Hall–Kier alpha value is -2.96. The molecule has 2 aromatic carbocycles. The van der Waals surface area contributed by atoms with Gasteiger partial charge in [-0.25, -0.2) is 4.98 Å². The Balaban J connectivity index is 0.00000363. The van der Waals surface area contributed by atoms with E-state index in [1.54, 1.807) is 0 Å². The molecule has 0 saturated heterocycles. The van der Waals surface area contributed by atoms with Gasteiger partial charge in [0.1, 0.15) is 5.75 Å². The lowest BCUT2D eigenvalue weighted by atomic mass is 10.2. The summed E-state index contributed by atoms with van der Waals surface area (Å²) in [4.78, 5) is 31.2. The van der Waals surface area contributed by atoms with Crippen LogP contribution in [0.3, 0.4) is 0 Å². The molecule has 3 aromatic rings. The second kappa shape index (κ2) is 10.1. The van der Waals surface area contributed by atoms with Crippen LogP contribution < -0.4 is 9.64 Å². The summed E-state index contributed by atoms with van der Waals surface area (Å²) in [6, 6.07) is 9.04. The number of carbonyl (C=O) groups excluding carboxylic acids is 1. The van der Waals surface area contributed by atoms with Crippen LogP contribution in [0.15, 0.2) is 42.5 Å². The highest BCUT2D eigenvalue weighted by Gasteiger charge is 2.31. The van der Waals surface area contributed by atoms with Gasteiger partial charge in [-0.3, -0.25) is 19.8 Å². The molecule has 0 aliphatic rings. The van der Waals surface area contributed by atoms with Crippen molar-refractivity contribution < 1.29 is 27.6 Å². The summed E-state index contributed by atoms with van der Waals surface area (Å²) in [7, 11) is 3.63. The first kappa shape index (κ1) is 25.3. The van der Waals surface area contributed by atoms with Crippen molar-refractivity contribution in [1.29, 1.82) is 0 Å². The van der Waals surface area contributed by atoms with Crippen molar-refractivity contribution in [1.82, 2.24) is 9.88 Å². The molecule has 0 aliphatic heterocycles. The van der Waals surface area contributed by atoms with Crippen LogP contribution in [0.2, 0.25) is 0 Å². The van der Waals surface area contributed by atoms with Crippen molar-refractivity contribution >= 4 is 50.7 Å². The molecule has 1 amide bonds. The third-order valence-corrected chi connectivity index (χ3v) is 5.17. The molecular weight excluding hydrogens is 473 g/mol. The number of benzene rings is 2. The third kappa shape index (κ3) is 6.28. The maximum absolute atomic E-state index is 13.1. The largest absolute Gasteiger partial charge is 0.573 e. The highest BCUT2D eigenvalue weighted by molar-refractivity contribution is 7.22. The topological polar surface area (TPSA) is 88.8 Å². The average Bonchev–Trinajstić information content (AvgIpc) is 3.09. The normalized spacial score (nSPS) is 11.3. The van der Waals surface area contributed by atoms with Crippen molar-refractivity contribution in [2.75, 3.05) is 32.1 Å². The Morgan fingerprint density at radius 1 is 1.19 bits per heavy atom. The summed E-state index contributed by atoms with van der Waals surface area (Å²) in [6.07, 6.45) is -4.82. The molecule has 0 saturated carbocycles. The number of rotatable bonds is 7. The average molecular weight is 491 g/mol. The highest BCUT2D eigenvalue weighted by Crippen LogP contribution is 2.34. The first-order chi connectivity index (χ1) is 14.5. The summed E-state index contributed by atoms with van der Waals surface area (Å²) in [5.41, 5.74) is 0.279. The molecule has 1 heterocycles. The highest BCUT2D eigenvalue weighted by atomic mass is 35.5. The molecule has 3 rings (SSSR count). The molecule has 0 spiro atoms. The number of fused-ring (bicyclic) bond motifs is 1. The number of ether oxygens (including phenoxy) is 1. The van der Waals surface area contributed by atoms with E-state index in [0.717, 1.165) is 17.4 Å². The minimum absolute atomic E-state index is 0. The van der Waals surface area contributed by atoms with Gasteiger partial charge in [-0.05, 0) is 32.3 Å². The minimum atomic E-state index is -4.82. The first-order valence-electron chi connectivity index (χ1n) is 8.91. The number of non-ortho nitro benzene ring substituents is 1. The van der Waals surface area contributed by atoms with Gasteiger partial charge in [0.2, 0.25) is 0 Å². The number of likely N-dealkylation sites (N-methyl/N-ethyl adjacent to an activating group) is 1. The van der Waals surface area contributed by atoms with Crippen LogP contribution in [-0.4, -0.2) is 54.3 Å². The molecule has 0 bridgehead atoms. The summed E-state index contributed by atoms with van der Waals surface area (Å²) < 4.78 is 41.8. The quantitative estimate of drug-likeness (QED) is 0.351. The fraction of sp³-hybridized carbons (Fsp3) is 0.263. The molecule has 172 valence electrons. The van der Waals surface area contributed by atoms with E-state index < -0.39 is 17.2 Å². The number of nitrogens with zero attached hydrogens (tertiary/aromatic N) is 4. The second-order valence-electron chi connectivity index (χ2n) is 6.74. The van der Waals surface area contributed by atoms with Gasteiger partial charge in [-0.2, -0.15) is 0 Å². The predicted octanol–water partition coefficient (Wildman–Crippen LogP) is 4.73. The lowest BCUT2D eigenvalue weighted by Crippen LogP contribution is -2.36.